The molecule has 2 N–H and O–H groups in total. The van der Waals surface area contributed by atoms with Crippen LogP contribution in [-0.4, -0.2) is 31.4 Å². The lowest BCUT2D eigenvalue weighted by Gasteiger charge is -2.16. The Labute approximate surface area is 119 Å². The Bertz CT molecular complexity index is 217. The summed E-state index contributed by atoms with van der Waals surface area (Å²) in [6.07, 6.45) is 12.4. The summed E-state index contributed by atoms with van der Waals surface area (Å²) >= 11 is 0. The van der Waals surface area contributed by atoms with Crippen LogP contribution in [0, 0.1) is 5.92 Å². The van der Waals surface area contributed by atoms with E-state index in [0.29, 0.717) is 0 Å². The van der Waals surface area contributed by atoms with E-state index >= 15 is 0 Å². The first kappa shape index (κ1) is 18.4. The van der Waals surface area contributed by atoms with Gasteiger partial charge in [0.25, 0.3) is 0 Å². The number of rotatable bonds is 13. The van der Waals surface area contributed by atoms with Gasteiger partial charge in [-0.15, -0.1) is 0 Å². The number of unbranched alkanes of at least 4 members (excludes halogenated alkanes) is 7. The Morgan fingerprint density at radius 2 is 1.47 bits per heavy atom. The minimum absolute atomic E-state index is 0.0718. The first-order valence-corrected chi connectivity index (χ1v) is 8.02. The van der Waals surface area contributed by atoms with E-state index in [0.717, 1.165) is 25.8 Å². The van der Waals surface area contributed by atoms with Gasteiger partial charge >= 0.3 is 0 Å². The van der Waals surface area contributed by atoms with Crippen molar-refractivity contribution in [2.75, 3.05) is 20.6 Å². The molecular weight excluding hydrogens is 236 g/mol. The first-order valence-electron chi connectivity index (χ1n) is 8.02. The van der Waals surface area contributed by atoms with Crippen molar-refractivity contribution in [1.82, 2.24) is 4.90 Å². The largest absolute Gasteiger partial charge is 0.369 e. The van der Waals surface area contributed by atoms with E-state index in [-0.39, 0.29) is 11.8 Å². The molecule has 1 unspecified atom stereocenters. The molecule has 19 heavy (non-hydrogen) atoms. The summed E-state index contributed by atoms with van der Waals surface area (Å²) in [6, 6.07) is 0. The molecule has 0 aliphatic rings. The second-order valence-electron chi connectivity index (χ2n) is 5.95. The maximum Gasteiger partial charge on any atom is 0.220 e. The lowest BCUT2D eigenvalue weighted by molar-refractivity contribution is -0.122. The van der Waals surface area contributed by atoms with E-state index in [1.165, 1.54) is 44.9 Å². The summed E-state index contributed by atoms with van der Waals surface area (Å²) in [4.78, 5) is 13.5. The van der Waals surface area contributed by atoms with Crippen molar-refractivity contribution in [3.8, 4) is 0 Å². The molecule has 0 rings (SSSR count). The molecule has 0 radical (unpaired) electrons. The van der Waals surface area contributed by atoms with Gasteiger partial charge in [0.1, 0.15) is 0 Å². The maximum absolute atomic E-state index is 11.4. The molecule has 0 bridgehead atoms. The molecule has 0 aliphatic heterocycles. The molecule has 0 aromatic heterocycles. The van der Waals surface area contributed by atoms with E-state index in [2.05, 4.69) is 11.8 Å². The molecule has 0 aromatic rings. The van der Waals surface area contributed by atoms with Crippen molar-refractivity contribution in [1.29, 1.82) is 0 Å². The number of primary amides is 1. The van der Waals surface area contributed by atoms with E-state index in [9.17, 15) is 4.79 Å². The minimum Gasteiger partial charge on any atom is -0.369 e. The summed E-state index contributed by atoms with van der Waals surface area (Å²) in [6.45, 7) is 3.20. The molecular formula is C16H34N2O. The summed E-state index contributed by atoms with van der Waals surface area (Å²) in [5.74, 6) is -0.0488. The van der Waals surface area contributed by atoms with Gasteiger partial charge in [-0.25, -0.2) is 0 Å². The van der Waals surface area contributed by atoms with Crippen LogP contribution < -0.4 is 5.73 Å². The Kier molecular flexibility index (Phi) is 12.1. The molecule has 0 saturated carbocycles. The monoisotopic (exact) mass is 270 g/mol. The van der Waals surface area contributed by atoms with Gasteiger partial charge < -0.3 is 10.6 Å². The zero-order valence-corrected chi connectivity index (χ0v) is 13.3. The van der Waals surface area contributed by atoms with Gasteiger partial charge in [0.05, 0.1) is 0 Å². The van der Waals surface area contributed by atoms with Crippen molar-refractivity contribution < 1.29 is 4.79 Å². The van der Waals surface area contributed by atoms with E-state index in [4.69, 9.17) is 5.73 Å². The van der Waals surface area contributed by atoms with Crippen LogP contribution in [0.1, 0.15) is 71.1 Å². The summed E-state index contributed by atoms with van der Waals surface area (Å²) in [5, 5.41) is 0. The fourth-order valence-electron chi connectivity index (χ4n) is 2.37. The van der Waals surface area contributed by atoms with Gasteiger partial charge in [-0.3, -0.25) is 4.79 Å². The Morgan fingerprint density at radius 1 is 0.947 bits per heavy atom. The van der Waals surface area contributed by atoms with Crippen LogP contribution in [0.5, 0.6) is 0 Å². The first-order chi connectivity index (χ1) is 9.07. The minimum atomic E-state index is -0.121. The molecule has 3 nitrogen and oxygen atoms in total. The second-order valence-corrected chi connectivity index (χ2v) is 5.95. The zero-order chi connectivity index (χ0) is 14.5. The van der Waals surface area contributed by atoms with Crippen LogP contribution in [-0.2, 0) is 4.79 Å². The summed E-state index contributed by atoms with van der Waals surface area (Å²) in [5.41, 5.74) is 5.46. The highest BCUT2D eigenvalue weighted by molar-refractivity contribution is 5.76. The topological polar surface area (TPSA) is 46.3 Å². The third-order valence-electron chi connectivity index (χ3n) is 3.73. The Morgan fingerprint density at radius 3 is 1.95 bits per heavy atom. The normalized spacial score (nSPS) is 12.8. The third-order valence-corrected chi connectivity index (χ3v) is 3.73. The SMILES string of the molecule is CCCCCCCCCCC(CCN(C)C)C(N)=O. The van der Waals surface area contributed by atoms with Crippen molar-refractivity contribution in [3.63, 3.8) is 0 Å². The predicted molar refractivity (Wildman–Crippen MR) is 83.1 cm³/mol. The van der Waals surface area contributed by atoms with Gasteiger partial charge in [0.2, 0.25) is 5.91 Å². The molecule has 1 amide bonds. The van der Waals surface area contributed by atoms with Crippen molar-refractivity contribution >= 4 is 5.91 Å². The highest BCUT2D eigenvalue weighted by atomic mass is 16.1. The van der Waals surface area contributed by atoms with Crippen molar-refractivity contribution in [2.45, 2.75) is 71.1 Å². The molecule has 0 saturated heterocycles. The summed E-state index contributed by atoms with van der Waals surface area (Å²) < 4.78 is 0. The van der Waals surface area contributed by atoms with E-state index < -0.39 is 0 Å². The molecule has 114 valence electrons. The Hall–Kier alpha value is -0.570. The summed E-state index contributed by atoms with van der Waals surface area (Å²) in [7, 11) is 4.07. The standard InChI is InChI=1S/C16H34N2O/c1-4-5-6-7-8-9-10-11-12-15(16(17)19)13-14-18(2)3/h15H,4-14H2,1-3H3,(H2,17,19). The lowest BCUT2D eigenvalue weighted by Crippen LogP contribution is -2.27. The number of nitrogens with zero attached hydrogens (tertiary/aromatic N) is 1. The number of carbonyl (C=O) groups excluding carboxylic acids is 1. The molecule has 0 aromatic carbocycles. The van der Waals surface area contributed by atoms with Gasteiger partial charge in [-0.05, 0) is 33.5 Å². The number of hydrogen-bond donors (Lipinski definition) is 1. The zero-order valence-electron chi connectivity index (χ0n) is 13.3. The van der Waals surface area contributed by atoms with Crippen LogP contribution in [0.15, 0.2) is 0 Å². The molecule has 0 heterocycles. The molecule has 1 atom stereocenters. The Balaban J connectivity index is 3.51. The third kappa shape index (κ3) is 12.2. The fourth-order valence-corrected chi connectivity index (χ4v) is 2.37. The van der Waals surface area contributed by atoms with Crippen molar-refractivity contribution in [3.05, 3.63) is 0 Å². The van der Waals surface area contributed by atoms with Crippen LogP contribution in [0.3, 0.4) is 0 Å². The van der Waals surface area contributed by atoms with Crippen molar-refractivity contribution in [2.24, 2.45) is 11.7 Å². The van der Waals surface area contributed by atoms with E-state index in [1.807, 2.05) is 14.1 Å². The van der Waals surface area contributed by atoms with Gasteiger partial charge in [-0.2, -0.15) is 0 Å². The molecule has 3 heteroatoms. The van der Waals surface area contributed by atoms with Gasteiger partial charge in [0, 0.05) is 5.92 Å². The molecule has 0 spiro atoms. The van der Waals surface area contributed by atoms with Crippen LogP contribution in [0.4, 0.5) is 0 Å². The molecule has 0 fully saturated rings. The van der Waals surface area contributed by atoms with Crippen LogP contribution in [0.25, 0.3) is 0 Å². The van der Waals surface area contributed by atoms with Crippen LogP contribution >= 0.6 is 0 Å². The predicted octanol–water partition coefficient (Wildman–Crippen LogP) is 3.57. The number of carbonyl (C=O) groups is 1. The van der Waals surface area contributed by atoms with E-state index in [1.54, 1.807) is 0 Å². The lowest BCUT2D eigenvalue weighted by atomic mass is 9.96. The van der Waals surface area contributed by atoms with Gasteiger partial charge in [0.15, 0.2) is 0 Å². The average Bonchev–Trinajstić information content (AvgIpc) is 2.35. The number of amides is 1. The quantitative estimate of drug-likeness (QED) is 0.520. The maximum atomic E-state index is 11.4. The average molecular weight is 270 g/mol. The van der Waals surface area contributed by atoms with Crippen LogP contribution in [0.2, 0.25) is 0 Å². The highest BCUT2D eigenvalue weighted by Gasteiger charge is 2.14. The number of hydrogen-bond acceptors (Lipinski definition) is 2. The highest BCUT2D eigenvalue weighted by Crippen LogP contribution is 2.15. The fraction of sp³-hybridized carbons (Fsp3) is 0.938. The molecule has 0 aliphatic carbocycles. The van der Waals surface area contributed by atoms with Gasteiger partial charge in [-0.1, -0.05) is 58.3 Å². The smallest absolute Gasteiger partial charge is 0.220 e. The number of nitrogens with two attached hydrogens (primary N) is 1. The second kappa shape index (κ2) is 12.5.